The lowest BCUT2D eigenvalue weighted by Crippen LogP contribution is -1.90. The predicted molar refractivity (Wildman–Crippen MR) is 104 cm³/mol. The largest absolute Gasteiger partial charge is 0.497 e. The van der Waals surface area contributed by atoms with Crippen molar-refractivity contribution in [3.63, 3.8) is 0 Å². The second-order valence-corrected chi connectivity index (χ2v) is 6.88. The summed E-state index contributed by atoms with van der Waals surface area (Å²) in [5, 5.41) is 7.20. The molecular weight excluding hydrogens is 362 g/mol. The van der Waals surface area contributed by atoms with E-state index < -0.39 is 0 Å². The van der Waals surface area contributed by atoms with Crippen LogP contribution in [0.2, 0.25) is 0 Å². The molecule has 2 aromatic carbocycles. The number of hydrogen-bond donors (Lipinski definition) is 0. The Morgan fingerprint density at radius 1 is 0.963 bits per heavy atom. The highest BCUT2D eigenvalue weighted by atomic mass is 32.1. The quantitative estimate of drug-likeness (QED) is 0.493. The molecular formula is C20H17N3O3S. The number of benzene rings is 2. The zero-order valence-corrected chi connectivity index (χ0v) is 15.9. The summed E-state index contributed by atoms with van der Waals surface area (Å²) in [6.45, 7) is 1.99. The number of thiazole rings is 1. The molecule has 4 rings (SSSR count). The average Bonchev–Trinajstić information content (AvgIpc) is 3.37. The van der Waals surface area contributed by atoms with Gasteiger partial charge < -0.3 is 14.0 Å². The number of methoxy groups -OCH3 is 2. The fraction of sp³-hybridized carbons (Fsp3) is 0.150. The average molecular weight is 379 g/mol. The molecule has 0 N–H and O–H groups in total. The number of rotatable bonds is 5. The summed E-state index contributed by atoms with van der Waals surface area (Å²) in [6, 6.07) is 13.4. The third kappa shape index (κ3) is 3.41. The van der Waals surface area contributed by atoms with Crippen molar-refractivity contribution in [2.24, 2.45) is 0 Å². The summed E-state index contributed by atoms with van der Waals surface area (Å²) < 4.78 is 16.1. The number of aryl methyl sites for hydroxylation is 1. The topological polar surface area (TPSA) is 70.3 Å². The van der Waals surface area contributed by atoms with E-state index in [2.05, 4.69) is 15.1 Å². The standard InChI is InChI=1S/C20H17N3O3S/c1-12-21-17(11-27-12)13-5-4-6-14(9-13)19-22-20(26-23-19)16-8-7-15(24-2)10-18(16)25-3/h4-11H,1-3H3. The van der Waals surface area contributed by atoms with Crippen molar-refractivity contribution in [1.82, 2.24) is 15.1 Å². The van der Waals surface area contributed by atoms with Crippen LogP contribution in [0, 0.1) is 6.92 Å². The van der Waals surface area contributed by atoms with E-state index in [4.69, 9.17) is 14.0 Å². The van der Waals surface area contributed by atoms with E-state index in [0.29, 0.717) is 28.8 Å². The van der Waals surface area contributed by atoms with E-state index in [1.54, 1.807) is 31.6 Å². The predicted octanol–water partition coefficient (Wildman–Crippen LogP) is 4.85. The van der Waals surface area contributed by atoms with Gasteiger partial charge in [-0.2, -0.15) is 4.98 Å². The lowest BCUT2D eigenvalue weighted by atomic mass is 10.1. The van der Waals surface area contributed by atoms with E-state index in [1.807, 2.05) is 48.7 Å². The van der Waals surface area contributed by atoms with Gasteiger partial charge in [-0.25, -0.2) is 4.98 Å². The van der Waals surface area contributed by atoms with Gasteiger partial charge in [-0.3, -0.25) is 0 Å². The van der Waals surface area contributed by atoms with Crippen LogP contribution in [0.3, 0.4) is 0 Å². The van der Waals surface area contributed by atoms with Gasteiger partial charge in [0.15, 0.2) is 0 Å². The zero-order valence-electron chi connectivity index (χ0n) is 15.1. The van der Waals surface area contributed by atoms with Gasteiger partial charge in [-0.1, -0.05) is 23.4 Å². The van der Waals surface area contributed by atoms with Crippen LogP contribution in [0.15, 0.2) is 52.4 Å². The second kappa shape index (κ2) is 7.20. The molecule has 0 fully saturated rings. The van der Waals surface area contributed by atoms with Gasteiger partial charge in [0.25, 0.3) is 5.89 Å². The van der Waals surface area contributed by atoms with Crippen LogP contribution in [-0.4, -0.2) is 29.3 Å². The first-order valence-corrected chi connectivity index (χ1v) is 9.15. The monoisotopic (exact) mass is 379 g/mol. The maximum absolute atomic E-state index is 5.48. The van der Waals surface area contributed by atoms with Gasteiger partial charge in [0.1, 0.15) is 11.5 Å². The van der Waals surface area contributed by atoms with Crippen molar-refractivity contribution in [2.45, 2.75) is 6.92 Å². The summed E-state index contributed by atoms with van der Waals surface area (Å²) >= 11 is 1.62. The van der Waals surface area contributed by atoms with Gasteiger partial charge in [0.2, 0.25) is 5.82 Å². The Morgan fingerprint density at radius 3 is 2.56 bits per heavy atom. The molecule has 0 aliphatic heterocycles. The molecule has 27 heavy (non-hydrogen) atoms. The van der Waals surface area contributed by atoms with E-state index >= 15 is 0 Å². The molecule has 0 saturated heterocycles. The van der Waals surface area contributed by atoms with E-state index in [-0.39, 0.29) is 0 Å². The Morgan fingerprint density at radius 2 is 1.81 bits per heavy atom. The van der Waals surface area contributed by atoms with Crippen LogP contribution in [-0.2, 0) is 0 Å². The third-order valence-corrected chi connectivity index (χ3v) is 4.87. The van der Waals surface area contributed by atoms with E-state index in [9.17, 15) is 0 Å². The summed E-state index contributed by atoms with van der Waals surface area (Å²) in [5.74, 6) is 2.20. The van der Waals surface area contributed by atoms with Crippen molar-refractivity contribution >= 4 is 11.3 Å². The van der Waals surface area contributed by atoms with Gasteiger partial charge in [0.05, 0.1) is 30.5 Å². The molecule has 136 valence electrons. The third-order valence-electron chi connectivity index (χ3n) is 4.10. The molecule has 6 nitrogen and oxygen atoms in total. The molecule has 2 heterocycles. The Kier molecular flexibility index (Phi) is 4.60. The zero-order chi connectivity index (χ0) is 18.8. The Labute approximate surface area is 160 Å². The van der Waals surface area contributed by atoms with Crippen molar-refractivity contribution in [3.05, 3.63) is 52.9 Å². The van der Waals surface area contributed by atoms with Crippen LogP contribution in [0.5, 0.6) is 11.5 Å². The lowest BCUT2D eigenvalue weighted by Gasteiger charge is -2.06. The minimum absolute atomic E-state index is 0.388. The van der Waals surface area contributed by atoms with Crippen LogP contribution in [0.25, 0.3) is 34.1 Å². The van der Waals surface area contributed by atoms with Crippen molar-refractivity contribution in [1.29, 1.82) is 0 Å². The van der Waals surface area contributed by atoms with E-state index in [1.165, 1.54) is 0 Å². The molecule has 7 heteroatoms. The van der Waals surface area contributed by atoms with Gasteiger partial charge in [-0.05, 0) is 25.1 Å². The summed E-state index contributed by atoms with van der Waals surface area (Å²) in [4.78, 5) is 9.07. The molecule has 4 aromatic rings. The normalized spacial score (nSPS) is 10.8. The highest BCUT2D eigenvalue weighted by Crippen LogP contribution is 2.34. The Balaban J connectivity index is 1.69. The molecule has 0 saturated carbocycles. The number of hydrogen-bond acceptors (Lipinski definition) is 7. The lowest BCUT2D eigenvalue weighted by molar-refractivity contribution is 0.391. The molecule has 2 aromatic heterocycles. The van der Waals surface area contributed by atoms with Gasteiger partial charge in [0, 0.05) is 22.6 Å². The molecule has 0 aliphatic rings. The molecule has 0 unspecified atom stereocenters. The summed E-state index contributed by atoms with van der Waals surface area (Å²) in [7, 11) is 3.20. The fourth-order valence-corrected chi connectivity index (χ4v) is 3.36. The van der Waals surface area contributed by atoms with Crippen LogP contribution in [0.4, 0.5) is 0 Å². The number of nitrogens with zero attached hydrogens (tertiary/aromatic N) is 3. The minimum Gasteiger partial charge on any atom is -0.497 e. The summed E-state index contributed by atoms with van der Waals surface area (Å²) in [5.41, 5.74) is 3.54. The Hall–Kier alpha value is -3.19. The van der Waals surface area contributed by atoms with Gasteiger partial charge >= 0.3 is 0 Å². The molecule has 0 spiro atoms. The first-order chi connectivity index (χ1) is 13.2. The maximum Gasteiger partial charge on any atom is 0.262 e. The molecule has 0 atom stereocenters. The molecule has 0 bridgehead atoms. The summed E-state index contributed by atoms with van der Waals surface area (Å²) in [6.07, 6.45) is 0. The Bertz CT molecular complexity index is 1090. The minimum atomic E-state index is 0.388. The highest BCUT2D eigenvalue weighted by molar-refractivity contribution is 7.09. The van der Waals surface area contributed by atoms with Crippen LogP contribution >= 0.6 is 11.3 Å². The molecule has 0 aliphatic carbocycles. The highest BCUT2D eigenvalue weighted by Gasteiger charge is 2.16. The number of aromatic nitrogens is 3. The fourth-order valence-electron chi connectivity index (χ4n) is 2.74. The van der Waals surface area contributed by atoms with Crippen LogP contribution < -0.4 is 9.47 Å². The van der Waals surface area contributed by atoms with Crippen LogP contribution in [0.1, 0.15) is 5.01 Å². The smallest absolute Gasteiger partial charge is 0.262 e. The molecule has 0 radical (unpaired) electrons. The van der Waals surface area contributed by atoms with Crippen molar-refractivity contribution < 1.29 is 14.0 Å². The first kappa shape index (κ1) is 17.2. The number of ether oxygens (including phenoxy) is 2. The first-order valence-electron chi connectivity index (χ1n) is 8.27. The van der Waals surface area contributed by atoms with Gasteiger partial charge in [-0.15, -0.1) is 11.3 Å². The SMILES string of the molecule is COc1ccc(-c2nc(-c3cccc(-c4csc(C)n4)c3)no2)c(OC)c1. The maximum atomic E-state index is 5.48. The second-order valence-electron chi connectivity index (χ2n) is 5.82. The van der Waals surface area contributed by atoms with E-state index in [0.717, 1.165) is 21.8 Å². The molecule has 0 amide bonds. The van der Waals surface area contributed by atoms with Crippen molar-refractivity contribution in [2.75, 3.05) is 14.2 Å². The van der Waals surface area contributed by atoms with Crippen molar-refractivity contribution in [3.8, 4) is 45.6 Å².